The van der Waals surface area contributed by atoms with E-state index in [2.05, 4.69) is 32.9 Å². The van der Waals surface area contributed by atoms with Gasteiger partial charge in [0.2, 0.25) is 5.91 Å². The largest absolute Gasteiger partial charge is 1.00 e. The first-order chi connectivity index (χ1) is 5.52. The van der Waals surface area contributed by atoms with E-state index in [0.29, 0.717) is 6.67 Å². The molecule has 0 unspecified atom stereocenters. The number of nitrogens with zero attached hydrogens (tertiary/aromatic N) is 1. The maximum atomic E-state index is 10.8. The summed E-state index contributed by atoms with van der Waals surface area (Å²) in [5.74, 6) is -0.0997. The molecule has 0 saturated heterocycles. The zero-order chi connectivity index (χ0) is 9.61. The van der Waals surface area contributed by atoms with E-state index in [-0.39, 0.29) is 22.9 Å². The van der Waals surface area contributed by atoms with Crippen LogP contribution in [0.15, 0.2) is 12.7 Å². The van der Waals surface area contributed by atoms with Gasteiger partial charge in [0.15, 0.2) is 6.67 Å². The van der Waals surface area contributed by atoms with Crippen molar-refractivity contribution in [3.05, 3.63) is 12.7 Å². The van der Waals surface area contributed by atoms with Crippen LogP contribution in [0.2, 0.25) is 0 Å². The molecule has 0 heterocycles. The van der Waals surface area contributed by atoms with Crippen molar-refractivity contribution < 1.29 is 26.3 Å². The van der Waals surface area contributed by atoms with Crippen LogP contribution in [-0.2, 0) is 4.79 Å². The summed E-state index contributed by atoms with van der Waals surface area (Å²) in [6.45, 7) is 7.25. The summed E-state index contributed by atoms with van der Waals surface area (Å²) in [5.41, 5.74) is 0. The van der Waals surface area contributed by atoms with Crippen LogP contribution in [0, 0.1) is 0 Å². The van der Waals surface area contributed by atoms with Gasteiger partial charge in [0.1, 0.15) is 0 Å². The van der Waals surface area contributed by atoms with Crippen LogP contribution in [0.5, 0.6) is 0 Å². The van der Waals surface area contributed by atoms with Crippen molar-refractivity contribution in [2.75, 3.05) is 27.3 Å². The minimum atomic E-state index is -0.0997. The van der Waals surface area contributed by atoms with E-state index in [9.17, 15) is 4.79 Å². The van der Waals surface area contributed by atoms with Gasteiger partial charge in [-0.25, -0.2) is 0 Å². The van der Waals surface area contributed by atoms with Crippen molar-refractivity contribution in [3.63, 3.8) is 0 Å². The first kappa shape index (κ1) is 15.1. The topological polar surface area (TPSA) is 29.1 Å². The van der Waals surface area contributed by atoms with Crippen molar-refractivity contribution in [3.8, 4) is 0 Å². The molecule has 1 amide bonds. The van der Waals surface area contributed by atoms with Gasteiger partial charge < -0.3 is 26.8 Å². The smallest absolute Gasteiger partial charge is 0.247 e. The van der Waals surface area contributed by atoms with Gasteiger partial charge in [0, 0.05) is 0 Å². The van der Waals surface area contributed by atoms with Crippen molar-refractivity contribution in [1.29, 1.82) is 0 Å². The highest BCUT2D eigenvalue weighted by Gasteiger charge is 2.12. The Labute approximate surface area is 91.2 Å². The molecule has 78 valence electrons. The second kappa shape index (κ2) is 7.09. The molecule has 0 aromatic rings. The minimum Gasteiger partial charge on any atom is -1.00 e. The third-order valence-electron chi connectivity index (χ3n) is 1.70. The molecule has 0 radical (unpaired) electrons. The highest BCUT2D eigenvalue weighted by Crippen LogP contribution is 1.95. The summed E-state index contributed by atoms with van der Waals surface area (Å²) in [6, 6.07) is 0. The molecule has 0 spiro atoms. The lowest BCUT2D eigenvalue weighted by atomic mass is 10.4. The summed E-state index contributed by atoms with van der Waals surface area (Å²) in [5, 5.41) is 2.77. The van der Waals surface area contributed by atoms with Gasteiger partial charge in [-0.1, -0.05) is 13.5 Å². The van der Waals surface area contributed by atoms with Gasteiger partial charge in [-0.2, -0.15) is 0 Å². The average Bonchev–Trinajstić information content (AvgIpc) is 2.00. The van der Waals surface area contributed by atoms with E-state index in [1.807, 2.05) is 0 Å². The van der Waals surface area contributed by atoms with E-state index in [4.69, 9.17) is 0 Å². The van der Waals surface area contributed by atoms with E-state index in [0.717, 1.165) is 17.4 Å². The third kappa shape index (κ3) is 7.99. The second-order valence-electron chi connectivity index (χ2n) is 3.56. The summed E-state index contributed by atoms with van der Waals surface area (Å²) in [4.78, 5) is 10.8. The number of rotatable bonds is 5. The van der Waals surface area contributed by atoms with E-state index < -0.39 is 0 Å². The number of hydrogen-bond acceptors (Lipinski definition) is 1. The molecule has 13 heavy (non-hydrogen) atoms. The van der Waals surface area contributed by atoms with Crippen molar-refractivity contribution in [2.45, 2.75) is 13.3 Å². The van der Waals surface area contributed by atoms with Crippen LogP contribution in [-0.4, -0.2) is 37.7 Å². The number of quaternary nitrogens is 1. The lowest BCUT2D eigenvalue weighted by Crippen LogP contribution is -3.00. The Hall–Kier alpha value is -0.350. The molecule has 0 aliphatic rings. The summed E-state index contributed by atoms with van der Waals surface area (Å²) < 4.78 is 0.816. The van der Waals surface area contributed by atoms with Crippen LogP contribution in [0.1, 0.15) is 13.3 Å². The highest BCUT2D eigenvalue weighted by atomic mass is 79.9. The monoisotopic (exact) mass is 250 g/mol. The average molecular weight is 251 g/mol. The first-order valence-electron chi connectivity index (χ1n) is 4.24. The van der Waals surface area contributed by atoms with Gasteiger partial charge in [-0.3, -0.25) is 4.79 Å². The van der Waals surface area contributed by atoms with Gasteiger partial charge in [-0.15, -0.1) is 0 Å². The Morgan fingerprint density at radius 3 is 2.46 bits per heavy atom. The fourth-order valence-electron chi connectivity index (χ4n) is 1.05. The Balaban J connectivity index is 0. The molecule has 0 aliphatic heterocycles. The Bertz CT molecular complexity index is 169. The second-order valence-corrected chi connectivity index (χ2v) is 3.56. The highest BCUT2D eigenvalue weighted by molar-refractivity contribution is 5.86. The van der Waals surface area contributed by atoms with Crippen LogP contribution >= 0.6 is 0 Å². The van der Waals surface area contributed by atoms with E-state index in [1.165, 1.54) is 6.08 Å². The molecule has 3 nitrogen and oxygen atoms in total. The fraction of sp³-hybridized carbons (Fsp3) is 0.667. The molecular weight excluding hydrogens is 232 g/mol. The number of carbonyl (C=O) groups is 1. The Morgan fingerprint density at radius 1 is 1.54 bits per heavy atom. The number of halogens is 1. The zero-order valence-corrected chi connectivity index (χ0v) is 10.2. The molecule has 0 aromatic carbocycles. The predicted octanol–water partition coefficient (Wildman–Crippen LogP) is -2.26. The molecule has 1 N–H and O–H groups in total. The quantitative estimate of drug-likeness (QED) is 0.333. The Morgan fingerprint density at radius 2 is 2.08 bits per heavy atom. The van der Waals surface area contributed by atoms with Crippen molar-refractivity contribution in [2.24, 2.45) is 0 Å². The molecule has 0 bridgehead atoms. The maximum absolute atomic E-state index is 10.8. The van der Waals surface area contributed by atoms with E-state index in [1.54, 1.807) is 0 Å². The summed E-state index contributed by atoms with van der Waals surface area (Å²) in [6.07, 6.45) is 2.42. The molecule has 0 aliphatic carbocycles. The molecule has 0 saturated carbocycles. The van der Waals surface area contributed by atoms with Crippen LogP contribution < -0.4 is 22.3 Å². The lowest BCUT2D eigenvalue weighted by molar-refractivity contribution is -0.892. The number of amides is 1. The zero-order valence-electron chi connectivity index (χ0n) is 8.64. The van der Waals surface area contributed by atoms with Gasteiger partial charge in [-0.05, 0) is 12.5 Å². The summed E-state index contributed by atoms with van der Waals surface area (Å²) in [7, 11) is 4.18. The minimum absolute atomic E-state index is 0. The Kier molecular flexibility index (Phi) is 8.26. The number of carbonyl (C=O) groups excluding carboxylic acids is 1. The molecule has 4 heteroatoms. The number of nitrogens with one attached hydrogen (secondary N) is 1. The fourth-order valence-corrected chi connectivity index (χ4v) is 1.05. The van der Waals surface area contributed by atoms with Gasteiger partial charge in [0.05, 0.1) is 20.6 Å². The predicted molar refractivity (Wildman–Crippen MR) is 50.5 cm³/mol. The van der Waals surface area contributed by atoms with E-state index >= 15 is 0 Å². The van der Waals surface area contributed by atoms with Crippen LogP contribution in [0.25, 0.3) is 0 Å². The van der Waals surface area contributed by atoms with Crippen molar-refractivity contribution >= 4 is 5.91 Å². The maximum Gasteiger partial charge on any atom is 0.247 e. The lowest BCUT2D eigenvalue weighted by Gasteiger charge is -2.28. The normalized spacial score (nSPS) is 10.1. The molecule has 0 aromatic heterocycles. The number of hydrogen-bond donors (Lipinski definition) is 1. The van der Waals surface area contributed by atoms with Crippen molar-refractivity contribution in [1.82, 2.24) is 5.32 Å². The third-order valence-corrected chi connectivity index (χ3v) is 1.70. The van der Waals surface area contributed by atoms with Crippen LogP contribution in [0.3, 0.4) is 0 Å². The molecule has 0 atom stereocenters. The molecule has 0 fully saturated rings. The van der Waals surface area contributed by atoms with Gasteiger partial charge in [0.25, 0.3) is 0 Å². The molecule has 0 rings (SSSR count). The van der Waals surface area contributed by atoms with Gasteiger partial charge >= 0.3 is 0 Å². The standard InChI is InChI=1S/C9H18N2O.BrH/c1-5-7-11(3,4)8-10-9(12)6-2;/h6H,2,5,7-8H2,1,3-4H3;1H. The van der Waals surface area contributed by atoms with Crippen LogP contribution in [0.4, 0.5) is 0 Å². The first-order valence-corrected chi connectivity index (χ1v) is 4.24. The SMILES string of the molecule is C=CC(=O)NC[N+](C)(C)CCC.[Br-]. The summed E-state index contributed by atoms with van der Waals surface area (Å²) >= 11 is 0. The molecular formula is C9H19BrN2O.